The molecular weight excluding hydrogens is 357 g/mol. The molecule has 1 aromatic carbocycles. The lowest BCUT2D eigenvalue weighted by molar-refractivity contribution is 0.0195. The minimum absolute atomic E-state index is 0.152. The molecule has 0 radical (unpaired) electrons. The smallest absolute Gasteiger partial charge is 0.194 e. The monoisotopic (exact) mass is 391 g/mol. The van der Waals surface area contributed by atoms with Crippen LogP contribution in [0.1, 0.15) is 24.5 Å². The summed E-state index contributed by atoms with van der Waals surface area (Å²) >= 11 is 0. The summed E-state index contributed by atoms with van der Waals surface area (Å²) in [6.07, 6.45) is 1.16. The van der Waals surface area contributed by atoms with E-state index in [1.807, 2.05) is 31.1 Å². The third kappa shape index (κ3) is 5.65. The van der Waals surface area contributed by atoms with Crippen molar-refractivity contribution in [3.8, 4) is 0 Å². The summed E-state index contributed by atoms with van der Waals surface area (Å²) in [6.45, 7) is 9.83. The van der Waals surface area contributed by atoms with Gasteiger partial charge in [0.2, 0.25) is 0 Å². The van der Waals surface area contributed by atoms with Crippen LogP contribution in [0.2, 0.25) is 0 Å². The van der Waals surface area contributed by atoms with E-state index in [1.165, 1.54) is 0 Å². The summed E-state index contributed by atoms with van der Waals surface area (Å²) in [5.74, 6) is 0.804. The molecule has 0 aromatic heterocycles. The van der Waals surface area contributed by atoms with Crippen molar-refractivity contribution in [3.63, 3.8) is 0 Å². The highest BCUT2D eigenvalue weighted by molar-refractivity contribution is 5.80. The Balaban J connectivity index is 1.64. The van der Waals surface area contributed by atoms with Gasteiger partial charge in [0.15, 0.2) is 5.96 Å². The van der Waals surface area contributed by atoms with E-state index in [4.69, 9.17) is 9.73 Å². The van der Waals surface area contributed by atoms with Gasteiger partial charge in [-0.3, -0.25) is 4.90 Å². The molecule has 2 heterocycles. The average Bonchev–Trinajstić information content (AvgIpc) is 3.18. The van der Waals surface area contributed by atoms with Crippen molar-refractivity contribution in [3.05, 3.63) is 35.1 Å². The summed E-state index contributed by atoms with van der Waals surface area (Å²) in [6, 6.07) is 5.90. The van der Waals surface area contributed by atoms with E-state index < -0.39 is 0 Å². The average molecular weight is 392 g/mol. The minimum atomic E-state index is -0.152. The van der Waals surface area contributed by atoms with Crippen molar-refractivity contribution in [1.82, 2.24) is 20.0 Å². The van der Waals surface area contributed by atoms with E-state index in [1.54, 1.807) is 6.07 Å². The number of nitrogens with one attached hydrogen (secondary N) is 1. The number of halogens is 1. The Morgan fingerprint density at radius 1 is 1.29 bits per heavy atom. The van der Waals surface area contributed by atoms with Crippen molar-refractivity contribution in [2.75, 3.05) is 60.0 Å². The van der Waals surface area contributed by atoms with Crippen LogP contribution >= 0.6 is 0 Å². The molecular formula is C21H34FN5O. The minimum Gasteiger partial charge on any atom is -0.379 e. The Morgan fingerprint density at radius 3 is 2.79 bits per heavy atom. The van der Waals surface area contributed by atoms with Crippen LogP contribution in [0.3, 0.4) is 0 Å². The summed E-state index contributed by atoms with van der Waals surface area (Å²) < 4.78 is 19.5. The molecule has 7 heteroatoms. The van der Waals surface area contributed by atoms with Crippen molar-refractivity contribution in [2.45, 2.75) is 32.5 Å². The Morgan fingerprint density at radius 2 is 2.07 bits per heavy atom. The maximum atomic E-state index is 14.0. The highest BCUT2D eigenvalue weighted by atomic mass is 19.1. The van der Waals surface area contributed by atoms with Crippen LogP contribution in [-0.2, 0) is 17.8 Å². The molecule has 0 aliphatic carbocycles. The molecule has 1 unspecified atom stereocenters. The number of likely N-dealkylation sites (tertiary alicyclic amines) is 1. The van der Waals surface area contributed by atoms with Crippen LogP contribution in [-0.4, -0.2) is 86.7 Å². The first-order chi connectivity index (χ1) is 13.6. The summed E-state index contributed by atoms with van der Waals surface area (Å²) in [4.78, 5) is 11.7. The molecule has 0 bridgehead atoms. The predicted molar refractivity (Wildman–Crippen MR) is 111 cm³/mol. The summed E-state index contributed by atoms with van der Waals surface area (Å²) in [5.41, 5.74) is 1.76. The van der Waals surface area contributed by atoms with Crippen LogP contribution in [0.5, 0.6) is 0 Å². The number of guanidine groups is 1. The number of hydrogen-bond acceptors (Lipinski definition) is 4. The van der Waals surface area contributed by atoms with E-state index in [0.717, 1.165) is 69.4 Å². The van der Waals surface area contributed by atoms with E-state index in [0.29, 0.717) is 19.1 Å². The number of ether oxygens (including phenoxy) is 1. The van der Waals surface area contributed by atoms with Gasteiger partial charge in [0.05, 0.1) is 19.8 Å². The Bertz CT molecular complexity index is 660. The van der Waals surface area contributed by atoms with Crippen LogP contribution in [0.4, 0.5) is 4.39 Å². The molecule has 28 heavy (non-hydrogen) atoms. The number of benzene rings is 1. The number of nitrogens with zero attached hydrogens (tertiary/aromatic N) is 4. The number of hydrogen-bond donors (Lipinski definition) is 1. The maximum absolute atomic E-state index is 14.0. The van der Waals surface area contributed by atoms with Crippen molar-refractivity contribution >= 4 is 5.96 Å². The molecule has 3 rings (SSSR count). The van der Waals surface area contributed by atoms with E-state index in [2.05, 4.69) is 22.0 Å². The van der Waals surface area contributed by atoms with Crippen molar-refractivity contribution in [1.29, 1.82) is 0 Å². The Hall–Kier alpha value is -1.70. The molecule has 2 saturated heterocycles. The topological polar surface area (TPSA) is 43.3 Å². The first-order valence-corrected chi connectivity index (χ1v) is 10.3. The second-order valence-corrected chi connectivity index (χ2v) is 7.87. The fourth-order valence-electron chi connectivity index (χ4n) is 3.96. The largest absolute Gasteiger partial charge is 0.379 e. The van der Waals surface area contributed by atoms with Gasteiger partial charge >= 0.3 is 0 Å². The van der Waals surface area contributed by atoms with Gasteiger partial charge in [-0.15, -0.1) is 0 Å². The van der Waals surface area contributed by atoms with E-state index in [9.17, 15) is 4.39 Å². The van der Waals surface area contributed by atoms with Crippen LogP contribution in [0.25, 0.3) is 0 Å². The second kappa shape index (κ2) is 10.2. The van der Waals surface area contributed by atoms with Crippen LogP contribution in [0, 0.1) is 5.82 Å². The zero-order valence-corrected chi connectivity index (χ0v) is 17.5. The van der Waals surface area contributed by atoms with Crippen LogP contribution < -0.4 is 5.32 Å². The SMILES string of the molecule is CCNC(=NCc1ccc(F)c(CN(C)C)c1)N1CCC(N2CCOCC2)C1. The third-order valence-corrected chi connectivity index (χ3v) is 5.37. The molecule has 2 fully saturated rings. The molecule has 2 aliphatic rings. The summed E-state index contributed by atoms with van der Waals surface area (Å²) in [5, 5.41) is 3.43. The van der Waals surface area contributed by atoms with E-state index >= 15 is 0 Å². The zero-order valence-electron chi connectivity index (χ0n) is 17.5. The lowest BCUT2D eigenvalue weighted by Crippen LogP contribution is -2.46. The fourth-order valence-corrected chi connectivity index (χ4v) is 3.96. The number of rotatable bonds is 6. The molecule has 0 spiro atoms. The lowest BCUT2D eigenvalue weighted by atomic mass is 10.1. The van der Waals surface area contributed by atoms with Gasteiger partial charge in [0, 0.05) is 50.9 Å². The van der Waals surface area contributed by atoms with Gasteiger partial charge in [0.1, 0.15) is 5.82 Å². The van der Waals surface area contributed by atoms with Crippen LogP contribution in [0.15, 0.2) is 23.2 Å². The molecule has 2 aliphatic heterocycles. The first kappa shape index (κ1) is 21.0. The summed E-state index contributed by atoms with van der Waals surface area (Å²) in [7, 11) is 3.90. The van der Waals surface area contributed by atoms with Crippen molar-refractivity contribution in [2.24, 2.45) is 4.99 Å². The molecule has 0 amide bonds. The zero-order chi connectivity index (χ0) is 19.9. The highest BCUT2D eigenvalue weighted by Crippen LogP contribution is 2.18. The Labute approximate surface area is 168 Å². The van der Waals surface area contributed by atoms with Gasteiger partial charge in [-0.25, -0.2) is 9.38 Å². The highest BCUT2D eigenvalue weighted by Gasteiger charge is 2.30. The Kier molecular flexibility index (Phi) is 7.65. The van der Waals surface area contributed by atoms with Gasteiger partial charge in [0.25, 0.3) is 0 Å². The first-order valence-electron chi connectivity index (χ1n) is 10.3. The van der Waals surface area contributed by atoms with Crippen molar-refractivity contribution < 1.29 is 9.13 Å². The lowest BCUT2D eigenvalue weighted by Gasteiger charge is -2.32. The molecule has 156 valence electrons. The molecule has 1 N–H and O–H groups in total. The second-order valence-electron chi connectivity index (χ2n) is 7.87. The number of morpholine rings is 1. The van der Waals surface area contributed by atoms with Gasteiger partial charge < -0.3 is 19.9 Å². The van der Waals surface area contributed by atoms with Gasteiger partial charge in [-0.2, -0.15) is 0 Å². The normalized spacial score (nSPS) is 21.5. The number of aliphatic imine (C=N–C) groups is 1. The molecule has 0 saturated carbocycles. The quantitative estimate of drug-likeness (QED) is 0.591. The predicted octanol–water partition coefficient (Wildman–Crippen LogP) is 1.76. The fraction of sp³-hybridized carbons (Fsp3) is 0.667. The third-order valence-electron chi connectivity index (χ3n) is 5.37. The molecule has 1 atom stereocenters. The molecule has 1 aromatic rings. The van der Waals surface area contributed by atoms with Gasteiger partial charge in [-0.05, 0) is 45.1 Å². The van der Waals surface area contributed by atoms with Gasteiger partial charge in [-0.1, -0.05) is 6.07 Å². The standard InChI is InChI=1S/C21H34FN5O/c1-4-23-21(27-8-7-19(16-27)26-9-11-28-12-10-26)24-14-17-5-6-20(22)18(13-17)15-25(2)3/h5-6,13,19H,4,7-12,14-16H2,1-3H3,(H,23,24). The molecule has 6 nitrogen and oxygen atoms in total. The maximum Gasteiger partial charge on any atom is 0.194 e. The van der Waals surface area contributed by atoms with E-state index in [-0.39, 0.29) is 5.82 Å².